The molecule has 4 nitrogen and oxygen atoms in total. The minimum absolute atomic E-state index is 0.156. The molecule has 0 amide bonds. The first kappa shape index (κ1) is 12.9. The third-order valence-electron chi connectivity index (χ3n) is 2.25. The van der Waals surface area contributed by atoms with E-state index < -0.39 is 5.97 Å². The fourth-order valence-corrected chi connectivity index (χ4v) is 1.95. The predicted octanol–water partition coefficient (Wildman–Crippen LogP) is 2.21. The smallest absolute Gasteiger partial charge is 0.331 e. The van der Waals surface area contributed by atoms with Crippen LogP contribution in [0.5, 0.6) is 0 Å². The molecule has 1 aromatic heterocycles. The van der Waals surface area contributed by atoms with Crippen molar-refractivity contribution in [1.82, 2.24) is 10.3 Å². The van der Waals surface area contributed by atoms with Gasteiger partial charge < -0.3 is 10.4 Å². The zero-order valence-electron chi connectivity index (χ0n) is 9.43. The van der Waals surface area contributed by atoms with Crippen LogP contribution < -0.4 is 5.32 Å². The maximum atomic E-state index is 10.7. The van der Waals surface area contributed by atoms with Gasteiger partial charge in [0, 0.05) is 23.7 Å². The van der Waals surface area contributed by atoms with E-state index in [1.807, 2.05) is 19.2 Å². The molecule has 0 radical (unpaired) electrons. The molecule has 0 saturated heterocycles. The summed E-state index contributed by atoms with van der Waals surface area (Å²) in [5.41, 5.74) is 0.443. The van der Waals surface area contributed by atoms with Crippen molar-refractivity contribution in [2.45, 2.75) is 26.3 Å². The second-order valence-corrected chi connectivity index (χ2v) is 4.31. The molecule has 0 aromatic carbocycles. The van der Waals surface area contributed by atoms with Crippen molar-refractivity contribution < 1.29 is 9.90 Å². The van der Waals surface area contributed by atoms with E-state index in [0.717, 1.165) is 5.01 Å². The van der Waals surface area contributed by atoms with E-state index in [-0.39, 0.29) is 6.04 Å². The topological polar surface area (TPSA) is 62.2 Å². The number of aliphatic carboxylic acids is 1. The molecule has 0 bridgehead atoms. The van der Waals surface area contributed by atoms with Crippen molar-refractivity contribution in [1.29, 1.82) is 0 Å². The predicted molar refractivity (Wildman–Crippen MR) is 64.5 cm³/mol. The van der Waals surface area contributed by atoms with Gasteiger partial charge in [0.05, 0.1) is 6.04 Å². The van der Waals surface area contributed by atoms with E-state index in [1.54, 1.807) is 23.6 Å². The summed E-state index contributed by atoms with van der Waals surface area (Å²) >= 11 is 1.59. The number of carboxylic acid groups (broad SMARTS) is 1. The number of thiazole rings is 1. The first-order chi connectivity index (χ1) is 7.65. The van der Waals surface area contributed by atoms with Crippen molar-refractivity contribution in [3.63, 3.8) is 0 Å². The van der Waals surface area contributed by atoms with Crippen LogP contribution in [0.3, 0.4) is 0 Å². The first-order valence-electron chi connectivity index (χ1n) is 5.20. The lowest BCUT2D eigenvalue weighted by atomic mass is 10.2. The minimum Gasteiger partial charge on any atom is -0.478 e. The van der Waals surface area contributed by atoms with Crippen molar-refractivity contribution in [3.8, 4) is 0 Å². The lowest BCUT2D eigenvalue weighted by Crippen LogP contribution is -2.19. The molecule has 5 heteroatoms. The third-order valence-corrected chi connectivity index (χ3v) is 3.21. The van der Waals surface area contributed by atoms with Crippen LogP contribution in [0.1, 0.15) is 31.3 Å². The Hall–Kier alpha value is -1.20. The number of carbonyl (C=O) groups is 1. The molecule has 1 heterocycles. The average molecular weight is 240 g/mol. The van der Waals surface area contributed by atoms with E-state index in [4.69, 9.17) is 5.11 Å². The molecule has 1 rings (SSSR count). The first-order valence-corrected chi connectivity index (χ1v) is 6.08. The number of hydrogen-bond acceptors (Lipinski definition) is 4. The van der Waals surface area contributed by atoms with Crippen LogP contribution >= 0.6 is 11.3 Å². The van der Waals surface area contributed by atoms with E-state index in [2.05, 4.69) is 10.3 Å². The SMILES string of the molecule is CC/C(=C/CNC(C)c1nccs1)C(=O)O. The zero-order chi connectivity index (χ0) is 12.0. The van der Waals surface area contributed by atoms with Crippen molar-refractivity contribution in [3.05, 3.63) is 28.2 Å². The van der Waals surface area contributed by atoms with E-state index in [9.17, 15) is 4.79 Å². The molecule has 88 valence electrons. The monoisotopic (exact) mass is 240 g/mol. The van der Waals surface area contributed by atoms with Gasteiger partial charge >= 0.3 is 5.97 Å². The largest absolute Gasteiger partial charge is 0.478 e. The second-order valence-electron chi connectivity index (χ2n) is 3.39. The summed E-state index contributed by atoms with van der Waals surface area (Å²) in [5.74, 6) is -0.841. The highest BCUT2D eigenvalue weighted by Gasteiger charge is 2.07. The Balaban J connectivity index is 2.43. The average Bonchev–Trinajstić information content (AvgIpc) is 2.76. The molecule has 0 fully saturated rings. The number of aromatic nitrogens is 1. The van der Waals surface area contributed by atoms with Gasteiger partial charge in [0.2, 0.25) is 0 Å². The highest BCUT2D eigenvalue weighted by molar-refractivity contribution is 7.09. The Bertz CT molecular complexity index is 360. The van der Waals surface area contributed by atoms with Crippen molar-refractivity contribution in [2.24, 2.45) is 0 Å². The number of hydrogen-bond donors (Lipinski definition) is 2. The summed E-state index contributed by atoms with van der Waals surface area (Å²) in [6.45, 7) is 4.40. The summed E-state index contributed by atoms with van der Waals surface area (Å²) in [6, 6.07) is 0.156. The summed E-state index contributed by atoms with van der Waals surface area (Å²) in [7, 11) is 0. The second kappa shape index (κ2) is 6.40. The molecule has 16 heavy (non-hydrogen) atoms. The van der Waals surface area contributed by atoms with Gasteiger partial charge in [-0.1, -0.05) is 13.0 Å². The quantitative estimate of drug-likeness (QED) is 0.748. The van der Waals surface area contributed by atoms with Gasteiger partial charge in [-0.05, 0) is 13.3 Å². The summed E-state index contributed by atoms with van der Waals surface area (Å²) in [4.78, 5) is 14.9. The Labute approximate surface area is 99.0 Å². The molecule has 0 spiro atoms. The lowest BCUT2D eigenvalue weighted by molar-refractivity contribution is -0.132. The fraction of sp³-hybridized carbons (Fsp3) is 0.455. The highest BCUT2D eigenvalue weighted by atomic mass is 32.1. The molecule has 0 aliphatic rings. The maximum Gasteiger partial charge on any atom is 0.331 e. The Morgan fingerprint density at radius 2 is 2.50 bits per heavy atom. The molecule has 2 N–H and O–H groups in total. The lowest BCUT2D eigenvalue weighted by Gasteiger charge is -2.09. The van der Waals surface area contributed by atoms with Crippen LogP contribution in [0, 0.1) is 0 Å². The van der Waals surface area contributed by atoms with Gasteiger partial charge in [-0.3, -0.25) is 0 Å². The molecule has 1 aromatic rings. The highest BCUT2D eigenvalue weighted by Crippen LogP contribution is 2.14. The Kier molecular flexibility index (Phi) is 5.14. The number of nitrogens with one attached hydrogen (secondary N) is 1. The van der Waals surface area contributed by atoms with Crippen molar-refractivity contribution >= 4 is 17.3 Å². The standard InChI is InChI=1S/C11H16N2O2S/c1-3-9(11(14)15)4-5-12-8(2)10-13-6-7-16-10/h4,6-8,12H,3,5H2,1-2H3,(H,14,15)/b9-4-. The maximum absolute atomic E-state index is 10.7. The third kappa shape index (κ3) is 3.75. The molecule has 1 unspecified atom stereocenters. The Morgan fingerprint density at radius 1 is 1.75 bits per heavy atom. The van der Waals surface area contributed by atoms with Crippen LogP contribution in [-0.2, 0) is 4.79 Å². The van der Waals surface area contributed by atoms with E-state index in [0.29, 0.717) is 18.5 Å². The van der Waals surface area contributed by atoms with Crippen molar-refractivity contribution in [2.75, 3.05) is 6.54 Å². The Morgan fingerprint density at radius 3 is 3.00 bits per heavy atom. The van der Waals surface area contributed by atoms with Gasteiger partial charge in [0.25, 0.3) is 0 Å². The molecule has 0 saturated carbocycles. The summed E-state index contributed by atoms with van der Waals surface area (Å²) < 4.78 is 0. The van der Waals surface area contributed by atoms with E-state index >= 15 is 0 Å². The van der Waals surface area contributed by atoms with Gasteiger partial charge in [-0.25, -0.2) is 9.78 Å². The van der Waals surface area contributed by atoms with Crippen LogP contribution in [0.2, 0.25) is 0 Å². The number of rotatable bonds is 6. The van der Waals surface area contributed by atoms with Crippen LogP contribution in [0.25, 0.3) is 0 Å². The summed E-state index contributed by atoms with van der Waals surface area (Å²) in [5, 5.41) is 15.0. The minimum atomic E-state index is -0.841. The summed E-state index contributed by atoms with van der Waals surface area (Å²) in [6.07, 6.45) is 4.03. The molecule has 0 aliphatic carbocycles. The molecule has 0 aliphatic heterocycles. The number of nitrogens with zero attached hydrogens (tertiary/aromatic N) is 1. The zero-order valence-corrected chi connectivity index (χ0v) is 10.3. The number of carboxylic acids is 1. The molecular weight excluding hydrogens is 224 g/mol. The van der Waals surface area contributed by atoms with Crippen LogP contribution in [0.4, 0.5) is 0 Å². The van der Waals surface area contributed by atoms with Gasteiger partial charge in [-0.2, -0.15) is 0 Å². The van der Waals surface area contributed by atoms with Crippen LogP contribution in [0.15, 0.2) is 23.2 Å². The van der Waals surface area contributed by atoms with E-state index in [1.165, 1.54) is 0 Å². The van der Waals surface area contributed by atoms with Gasteiger partial charge in [0.15, 0.2) is 0 Å². The molecular formula is C11H16N2O2S. The van der Waals surface area contributed by atoms with Crippen LogP contribution in [-0.4, -0.2) is 22.6 Å². The fourth-order valence-electron chi connectivity index (χ4n) is 1.28. The molecule has 1 atom stereocenters. The van der Waals surface area contributed by atoms with Gasteiger partial charge in [-0.15, -0.1) is 11.3 Å². The van der Waals surface area contributed by atoms with Gasteiger partial charge in [0.1, 0.15) is 5.01 Å². The normalized spacial score (nSPS) is 13.8.